The summed E-state index contributed by atoms with van der Waals surface area (Å²) in [5.74, 6) is 0. The van der Waals surface area contributed by atoms with Gasteiger partial charge in [0.05, 0.1) is 11.0 Å². The first-order valence-electron chi connectivity index (χ1n) is 10.9. The molecule has 146 valence electrons. The molecule has 0 N–H and O–H groups in total. The summed E-state index contributed by atoms with van der Waals surface area (Å²) < 4.78 is 2.58. The van der Waals surface area contributed by atoms with E-state index in [2.05, 4.69) is 110 Å². The highest BCUT2D eigenvalue weighted by Gasteiger charge is 2.75. The molecule has 2 heteroatoms. The van der Waals surface area contributed by atoms with Crippen LogP contribution >= 0.6 is 0 Å². The molecule has 0 bridgehead atoms. The number of fused-ring (bicyclic) bond motifs is 6. The highest BCUT2D eigenvalue weighted by molar-refractivity contribution is 5.81. The second kappa shape index (κ2) is 6.12. The summed E-state index contributed by atoms with van der Waals surface area (Å²) in [6.07, 6.45) is 4.60. The van der Waals surface area contributed by atoms with Crippen molar-refractivity contribution in [3.8, 4) is 33.8 Å². The Morgan fingerprint density at radius 2 is 1.47 bits per heavy atom. The predicted octanol–water partition coefficient (Wildman–Crippen LogP) is 6.15. The van der Waals surface area contributed by atoms with Gasteiger partial charge in [-0.3, -0.25) is 0 Å². The van der Waals surface area contributed by atoms with Crippen LogP contribution in [0.5, 0.6) is 0 Å². The van der Waals surface area contributed by atoms with E-state index in [0.717, 1.165) is 23.4 Å². The van der Waals surface area contributed by atoms with Crippen molar-refractivity contribution < 1.29 is 4.57 Å². The number of rotatable bonds is 3. The van der Waals surface area contributed by atoms with Crippen LogP contribution in [-0.2, 0) is 11.0 Å². The molecule has 4 aromatic rings. The lowest BCUT2D eigenvalue weighted by Crippen LogP contribution is -2.54. The maximum atomic E-state index is 5.25. The van der Waals surface area contributed by atoms with Crippen molar-refractivity contribution in [3.05, 3.63) is 96.7 Å². The number of hydrogen-bond acceptors (Lipinski definition) is 1. The number of nitrogens with zero attached hydrogens (tertiary/aromatic N) is 2. The van der Waals surface area contributed by atoms with E-state index in [0.29, 0.717) is 0 Å². The molecule has 1 aromatic heterocycles. The van der Waals surface area contributed by atoms with E-state index in [1.165, 1.54) is 28.8 Å². The number of hydrogen-bond donors (Lipinski definition) is 0. The third-order valence-corrected chi connectivity index (χ3v) is 7.44. The average Bonchev–Trinajstić information content (AvgIpc) is 3.47. The van der Waals surface area contributed by atoms with Crippen molar-refractivity contribution in [2.24, 2.45) is 0 Å². The van der Waals surface area contributed by atoms with Crippen molar-refractivity contribution >= 4 is 0 Å². The minimum Gasteiger partial charge on any atom is -0.234 e. The van der Waals surface area contributed by atoms with E-state index in [-0.39, 0.29) is 11.0 Å². The van der Waals surface area contributed by atoms with Crippen molar-refractivity contribution in [2.45, 2.75) is 37.6 Å². The monoisotopic (exact) mass is 389 g/mol. The minimum absolute atomic E-state index is 0.118. The predicted molar refractivity (Wildman–Crippen MR) is 121 cm³/mol. The molecule has 0 saturated heterocycles. The zero-order chi connectivity index (χ0) is 20.3. The van der Waals surface area contributed by atoms with Gasteiger partial charge >= 0.3 is 0 Å². The Morgan fingerprint density at radius 1 is 0.833 bits per heavy atom. The quantitative estimate of drug-likeness (QED) is 0.384. The van der Waals surface area contributed by atoms with Gasteiger partial charge in [-0.15, -0.1) is 0 Å². The first-order valence-corrected chi connectivity index (χ1v) is 10.9. The summed E-state index contributed by atoms with van der Waals surface area (Å²) in [5.41, 5.74) is 8.80. The van der Waals surface area contributed by atoms with E-state index in [9.17, 15) is 0 Å². The fourth-order valence-corrected chi connectivity index (χ4v) is 5.74. The molecular weight excluding hydrogens is 364 g/mol. The fraction of sp³-hybridized carbons (Fsp3) is 0.214. The smallest absolute Gasteiger partial charge is 0.234 e. The SMILES string of the molecule is CCC12CC1(C)c1ccccc1-c1c(-c3ccccc3)nc(-c3ccccc3)c[n+]12. The lowest BCUT2D eigenvalue weighted by atomic mass is 9.82. The van der Waals surface area contributed by atoms with Crippen LogP contribution in [-0.4, -0.2) is 4.98 Å². The third kappa shape index (κ3) is 2.19. The Labute approximate surface area is 177 Å². The van der Waals surface area contributed by atoms with Gasteiger partial charge in [0.25, 0.3) is 0 Å². The van der Waals surface area contributed by atoms with Gasteiger partial charge in [-0.05, 0) is 18.6 Å². The molecule has 2 nitrogen and oxygen atoms in total. The van der Waals surface area contributed by atoms with Gasteiger partial charge in [-0.25, -0.2) is 4.98 Å². The molecule has 2 atom stereocenters. The summed E-state index contributed by atoms with van der Waals surface area (Å²) in [5, 5.41) is 0. The Bertz CT molecular complexity index is 1260. The summed E-state index contributed by atoms with van der Waals surface area (Å²) in [4.78, 5) is 5.25. The summed E-state index contributed by atoms with van der Waals surface area (Å²) >= 11 is 0. The van der Waals surface area contributed by atoms with Crippen molar-refractivity contribution in [1.29, 1.82) is 0 Å². The van der Waals surface area contributed by atoms with Crippen LogP contribution in [0, 0.1) is 0 Å². The summed E-state index contributed by atoms with van der Waals surface area (Å²) in [7, 11) is 0. The van der Waals surface area contributed by atoms with Gasteiger partial charge in [0.15, 0.2) is 11.7 Å². The maximum absolute atomic E-state index is 5.25. The van der Waals surface area contributed by atoms with Gasteiger partial charge in [0, 0.05) is 24.0 Å². The van der Waals surface area contributed by atoms with Crippen LogP contribution in [0.1, 0.15) is 32.3 Å². The highest BCUT2D eigenvalue weighted by atomic mass is 15.2. The number of aromatic nitrogens is 2. The lowest BCUT2D eigenvalue weighted by Gasteiger charge is -2.28. The molecule has 2 aliphatic rings. The Kier molecular flexibility index (Phi) is 3.59. The van der Waals surface area contributed by atoms with Crippen LogP contribution in [0.2, 0.25) is 0 Å². The van der Waals surface area contributed by atoms with Crippen LogP contribution < -0.4 is 4.57 Å². The number of benzene rings is 3. The van der Waals surface area contributed by atoms with Gasteiger partial charge in [0.1, 0.15) is 11.4 Å². The topological polar surface area (TPSA) is 16.8 Å². The van der Waals surface area contributed by atoms with E-state index >= 15 is 0 Å². The van der Waals surface area contributed by atoms with E-state index < -0.39 is 0 Å². The molecule has 6 rings (SSSR count). The van der Waals surface area contributed by atoms with Crippen molar-refractivity contribution in [1.82, 2.24) is 4.98 Å². The largest absolute Gasteiger partial charge is 0.239 e. The first kappa shape index (κ1) is 17.6. The van der Waals surface area contributed by atoms with Crippen LogP contribution in [0.15, 0.2) is 91.1 Å². The third-order valence-electron chi connectivity index (χ3n) is 7.44. The molecule has 0 amide bonds. The molecular formula is C28H25N2+. The average molecular weight is 390 g/mol. The van der Waals surface area contributed by atoms with Crippen LogP contribution in [0.3, 0.4) is 0 Å². The van der Waals surface area contributed by atoms with Gasteiger partial charge < -0.3 is 0 Å². The first-order chi connectivity index (χ1) is 14.7. The van der Waals surface area contributed by atoms with Gasteiger partial charge in [-0.1, -0.05) is 85.8 Å². The molecule has 1 saturated carbocycles. The van der Waals surface area contributed by atoms with E-state index in [1.54, 1.807) is 0 Å². The van der Waals surface area contributed by atoms with Gasteiger partial charge in [0.2, 0.25) is 5.69 Å². The summed E-state index contributed by atoms with van der Waals surface area (Å²) in [6.45, 7) is 4.77. The fourth-order valence-electron chi connectivity index (χ4n) is 5.74. The second-order valence-electron chi connectivity index (χ2n) is 8.87. The molecule has 30 heavy (non-hydrogen) atoms. The minimum atomic E-state index is 0.118. The Balaban J connectivity index is 1.74. The molecule has 0 radical (unpaired) electrons. The molecule has 1 fully saturated rings. The van der Waals surface area contributed by atoms with E-state index in [4.69, 9.17) is 4.98 Å². The van der Waals surface area contributed by atoms with E-state index in [1.807, 2.05) is 0 Å². The molecule has 1 aliphatic heterocycles. The van der Waals surface area contributed by atoms with Crippen LogP contribution in [0.25, 0.3) is 33.8 Å². The highest BCUT2D eigenvalue weighted by Crippen LogP contribution is 2.66. The normalized spacial score (nSPS) is 23.3. The maximum Gasteiger partial charge on any atom is 0.239 e. The Morgan fingerprint density at radius 3 is 2.17 bits per heavy atom. The molecule has 2 heterocycles. The molecule has 0 spiro atoms. The Hall–Kier alpha value is -3.26. The second-order valence-corrected chi connectivity index (χ2v) is 8.87. The zero-order valence-corrected chi connectivity index (χ0v) is 17.5. The van der Waals surface area contributed by atoms with Crippen molar-refractivity contribution in [2.75, 3.05) is 0 Å². The zero-order valence-electron chi connectivity index (χ0n) is 17.5. The van der Waals surface area contributed by atoms with Gasteiger partial charge in [-0.2, -0.15) is 4.57 Å². The molecule has 1 aliphatic carbocycles. The molecule has 2 unspecified atom stereocenters. The van der Waals surface area contributed by atoms with Crippen LogP contribution in [0.4, 0.5) is 0 Å². The summed E-state index contributed by atoms with van der Waals surface area (Å²) in [6, 6.07) is 30.2. The molecule has 3 aromatic carbocycles. The lowest BCUT2D eigenvalue weighted by molar-refractivity contribution is -0.735. The standard InChI is InChI=1S/C28H25N2/c1-3-28-19-27(28,2)23-17-11-10-16-22(23)26-25(21-14-8-5-9-15-21)29-24(18-30(26)28)20-12-6-4-7-13-20/h4-18H,3,19H2,1-2H3/q+1. The van der Waals surface area contributed by atoms with Crippen molar-refractivity contribution in [3.63, 3.8) is 0 Å².